The van der Waals surface area contributed by atoms with Gasteiger partial charge in [-0.05, 0) is 25.3 Å². The van der Waals surface area contributed by atoms with Gasteiger partial charge in [-0.1, -0.05) is 26.7 Å². The van der Waals surface area contributed by atoms with Crippen LogP contribution in [0.5, 0.6) is 0 Å². The van der Waals surface area contributed by atoms with Crippen LogP contribution < -0.4 is 5.73 Å². The fourth-order valence-electron chi connectivity index (χ4n) is 2.54. The van der Waals surface area contributed by atoms with Crippen LogP contribution in [0.2, 0.25) is 0 Å². The third kappa shape index (κ3) is 3.44. The first-order valence-corrected chi connectivity index (χ1v) is 6.33. The molecule has 1 aliphatic rings. The van der Waals surface area contributed by atoms with E-state index in [2.05, 4.69) is 18.7 Å². The van der Waals surface area contributed by atoms with Crippen molar-refractivity contribution in [1.82, 2.24) is 4.90 Å². The van der Waals surface area contributed by atoms with Crippen LogP contribution in [-0.4, -0.2) is 41.8 Å². The summed E-state index contributed by atoms with van der Waals surface area (Å²) in [6.07, 6.45) is 4.63. The summed E-state index contributed by atoms with van der Waals surface area (Å²) >= 11 is 0. The van der Waals surface area contributed by atoms with Crippen molar-refractivity contribution >= 4 is 0 Å². The van der Waals surface area contributed by atoms with E-state index in [0.717, 1.165) is 31.8 Å². The number of aliphatic hydroxyl groups is 1. The molecule has 0 amide bonds. The van der Waals surface area contributed by atoms with Gasteiger partial charge in [-0.3, -0.25) is 4.90 Å². The average molecular weight is 214 g/mol. The van der Waals surface area contributed by atoms with E-state index in [-0.39, 0.29) is 18.7 Å². The Morgan fingerprint density at radius 2 is 2.20 bits per heavy atom. The SMILES string of the molecule is CCCC(N)C(CO)N1CCC(CC)C1. The van der Waals surface area contributed by atoms with Crippen molar-refractivity contribution < 1.29 is 5.11 Å². The number of nitrogens with two attached hydrogens (primary N) is 1. The van der Waals surface area contributed by atoms with Crippen LogP contribution in [0.4, 0.5) is 0 Å². The number of rotatable bonds is 6. The van der Waals surface area contributed by atoms with E-state index in [1.807, 2.05) is 0 Å². The van der Waals surface area contributed by atoms with Crippen LogP contribution >= 0.6 is 0 Å². The highest BCUT2D eigenvalue weighted by molar-refractivity contribution is 4.86. The lowest BCUT2D eigenvalue weighted by Crippen LogP contribution is -2.49. The van der Waals surface area contributed by atoms with Crippen LogP contribution in [0, 0.1) is 5.92 Å². The maximum absolute atomic E-state index is 9.42. The first kappa shape index (κ1) is 12.9. The molecule has 1 fully saturated rings. The molecule has 0 aliphatic carbocycles. The Kier molecular flexibility index (Phi) is 5.58. The van der Waals surface area contributed by atoms with Crippen LogP contribution in [-0.2, 0) is 0 Å². The van der Waals surface area contributed by atoms with E-state index < -0.39 is 0 Å². The Hall–Kier alpha value is -0.120. The minimum absolute atomic E-state index is 0.135. The minimum Gasteiger partial charge on any atom is -0.395 e. The largest absolute Gasteiger partial charge is 0.395 e. The predicted molar refractivity (Wildman–Crippen MR) is 63.7 cm³/mol. The molecule has 3 heteroatoms. The standard InChI is InChI=1S/C12H26N2O/c1-3-5-11(13)12(9-15)14-7-6-10(4-2)8-14/h10-12,15H,3-9,13H2,1-2H3. The molecule has 3 N–H and O–H groups in total. The lowest BCUT2D eigenvalue weighted by atomic mass is 10.0. The summed E-state index contributed by atoms with van der Waals surface area (Å²) < 4.78 is 0. The fourth-order valence-corrected chi connectivity index (χ4v) is 2.54. The molecule has 0 radical (unpaired) electrons. The summed E-state index contributed by atoms with van der Waals surface area (Å²) in [7, 11) is 0. The van der Waals surface area contributed by atoms with E-state index in [4.69, 9.17) is 5.73 Å². The number of hydrogen-bond acceptors (Lipinski definition) is 3. The zero-order chi connectivity index (χ0) is 11.3. The molecule has 0 saturated carbocycles. The first-order valence-electron chi connectivity index (χ1n) is 6.33. The third-order valence-electron chi connectivity index (χ3n) is 3.67. The maximum atomic E-state index is 9.42. The molecule has 0 bridgehead atoms. The van der Waals surface area contributed by atoms with Gasteiger partial charge in [0.15, 0.2) is 0 Å². The molecule has 1 rings (SSSR count). The summed E-state index contributed by atoms with van der Waals surface area (Å²) in [5, 5.41) is 9.42. The quantitative estimate of drug-likeness (QED) is 0.698. The summed E-state index contributed by atoms with van der Waals surface area (Å²) in [5.74, 6) is 0.813. The molecule has 1 heterocycles. The molecular formula is C12H26N2O. The number of hydrogen-bond donors (Lipinski definition) is 2. The van der Waals surface area contributed by atoms with E-state index >= 15 is 0 Å². The minimum atomic E-state index is 0.135. The van der Waals surface area contributed by atoms with Gasteiger partial charge in [0, 0.05) is 18.6 Å². The third-order valence-corrected chi connectivity index (χ3v) is 3.67. The highest BCUT2D eigenvalue weighted by Gasteiger charge is 2.29. The number of nitrogens with zero attached hydrogens (tertiary/aromatic N) is 1. The Morgan fingerprint density at radius 3 is 2.67 bits per heavy atom. The molecule has 0 spiro atoms. The van der Waals surface area contributed by atoms with Gasteiger partial charge in [-0.25, -0.2) is 0 Å². The molecular weight excluding hydrogens is 188 g/mol. The first-order chi connectivity index (χ1) is 7.22. The topological polar surface area (TPSA) is 49.5 Å². The number of likely N-dealkylation sites (tertiary alicyclic amines) is 1. The zero-order valence-corrected chi connectivity index (χ0v) is 10.2. The van der Waals surface area contributed by atoms with Crippen molar-refractivity contribution in [3.63, 3.8) is 0 Å². The Morgan fingerprint density at radius 1 is 1.47 bits per heavy atom. The summed E-state index contributed by atoms with van der Waals surface area (Å²) in [6.45, 7) is 6.83. The van der Waals surface area contributed by atoms with Crippen molar-refractivity contribution in [2.45, 2.75) is 51.6 Å². The molecule has 3 atom stereocenters. The van der Waals surface area contributed by atoms with E-state index in [0.29, 0.717) is 0 Å². The summed E-state index contributed by atoms with van der Waals surface area (Å²) in [5.41, 5.74) is 6.10. The predicted octanol–water partition coefficient (Wildman–Crippen LogP) is 1.21. The maximum Gasteiger partial charge on any atom is 0.0601 e. The van der Waals surface area contributed by atoms with E-state index in [1.165, 1.54) is 12.8 Å². The Bertz CT molecular complexity index is 175. The molecule has 3 nitrogen and oxygen atoms in total. The van der Waals surface area contributed by atoms with Crippen molar-refractivity contribution in [2.24, 2.45) is 11.7 Å². The van der Waals surface area contributed by atoms with Gasteiger partial charge in [0.1, 0.15) is 0 Å². The van der Waals surface area contributed by atoms with Gasteiger partial charge < -0.3 is 10.8 Å². The molecule has 0 aromatic heterocycles. The second-order valence-corrected chi connectivity index (χ2v) is 4.76. The monoisotopic (exact) mass is 214 g/mol. The molecule has 0 aromatic carbocycles. The smallest absolute Gasteiger partial charge is 0.0601 e. The van der Waals surface area contributed by atoms with Gasteiger partial charge in [0.2, 0.25) is 0 Å². The fraction of sp³-hybridized carbons (Fsp3) is 1.00. The van der Waals surface area contributed by atoms with Crippen molar-refractivity contribution in [2.75, 3.05) is 19.7 Å². The molecule has 15 heavy (non-hydrogen) atoms. The lowest BCUT2D eigenvalue weighted by molar-refractivity contribution is 0.119. The highest BCUT2D eigenvalue weighted by Crippen LogP contribution is 2.22. The van der Waals surface area contributed by atoms with Gasteiger partial charge >= 0.3 is 0 Å². The van der Waals surface area contributed by atoms with Crippen LogP contribution in [0.25, 0.3) is 0 Å². The van der Waals surface area contributed by atoms with Crippen LogP contribution in [0.15, 0.2) is 0 Å². The van der Waals surface area contributed by atoms with Crippen molar-refractivity contribution in [3.05, 3.63) is 0 Å². The molecule has 1 aliphatic heterocycles. The van der Waals surface area contributed by atoms with Crippen molar-refractivity contribution in [1.29, 1.82) is 0 Å². The summed E-state index contributed by atoms with van der Waals surface area (Å²) in [4.78, 5) is 2.38. The van der Waals surface area contributed by atoms with E-state index in [9.17, 15) is 5.11 Å². The van der Waals surface area contributed by atoms with Gasteiger partial charge in [0.25, 0.3) is 0 Å². The van der Waals surface area contributed by atoms with E-state index in [1.54, 1.807) is 0 Å². The van der Waals surface area contributed by atoms with Gasteiger partial charge in [0.05, 0.1) is 6.61 Å². The lowest BCUT2D eigenvalue weighted by Gasteiger charge is -2.31. The average Bonchev–Trinajstić information content (AvgIpc) is 2.68. The van der Waals surface area contributed by atoms with Crippen LogP contribution in [0.3, 0.4) is 0 Å². The number of aliphatic hydroxyl groups excluding tert-OH is 1. The summed E-state index contributed by atoms with van der Waals surface area (Å²) in [6, 6.07) is 0.317. The van der Waals surface area contributed by atoms with Gasteiger partial charge in [-0.15, -0.1) is 0 Å². The molecule has 0 aromatic rings. The van der Waals surface area contributed by atoms with Crippen molar-refractivity contribution in [3.8, 4) is 0 Å². The van der Waals surface area contributed by atoms with Gasteiger partial charge in [-0.2, -0.15) is 0 Å². The normalized spacial score (nSPS) is 26.8. The second kappa shape index (κ2) is 6.46. The molecule has 1 saturated heterocycles. The Balaban J connectivity index is 2.44. The zero-order valence-electron chi connectivity index (χ0n) is 10.2. The molecule has 90 valence electrons. The van der Waals surface area contributed by atoms with Crippen LogP contribution in [0.1, 0.15) is 39.5 Å². The Labute approximate surface area is 93.6 Å². The second-order valence-electron chi connectivity index (χ2n) is 4.76. The molecule has 3 unspecified atom stereocenters. The highest BCUT2D eigenvalue weighted by atomic mass is 16.3.